The van der Waals surface area contributed by atoms with Crippen molar-refractivity contribution in [2.75, 3.05) is 13.1 Å². The second-order valence-corrected chi connectivity index (χ2v) is 7.33. The van der Waals surface area contributed by atoms with Gasteiger partial charge in [0.05, 0.1) is 0 Å². The topological polar surface area (TPSA) is 92.1 Å². The van der Waals surface area contributed by atoms with E-state index in [0.717, 1.165) is 12.8 Å². The molecule has 27 heavy (non-hydrogen) atoms. The Morgan fingerprint density at radius 1 is 1.33 bits per heavy atom. The molecule has 1 fully saturated rings. The molecule has 0 saturated carbocycles. The number of rotatable bonds is 3. The Kier molecular flexibility index (Phi) is 4.51. The third-order valence-corrected chi connectivity index (χ3v) is 4.99. The summed E-state index contributed by atoms with van der Waals surface area (Å²) >= 11 is 0. The zero-order valence-electron chi connectivity index (χ0n) is 15.4. The summed E-state index contributed by atoms with van der Waals surface area (Å²) in [5, 5.41) is 4.68. The minimum Gasteiger partial charge on any atom is -0.350 e. The van der Waals surface area contributed by atoms with Crippen LogP contribution in [0, 0.1) is 0 Å². The molecule has 7 heteroatoms. The van der Waals surface area contributed by atoms with Crippen molar-refractivity contribution in [3.05, 3.63) is 58.0 Å². The average Bonchev–Trinajstić information content (AvgIpc) is 3.18. The lowest BCUT2D eigenvalue weighted by atomic mass is 9.97. The maximum Gasteiger partial charge on any atom is 0.270 e. The summed E-state index contributed by atoms with van der Waals surface area (Å²) in [6.07, 6.45) is 1.77. The van der Waals surface area contributed by atoms with E-state index in [4.69, 9.17) is 4.52 Å². The molecule has 1 aliphatic heterocycles. The quantitative estimate of drug-likeness (QED) is 0.769. The Balaban J connectivity index is 1.57. The molecule has 2 aromatic heterocycles. The van der Waals surface area contributed by atoms with E-state index in [9.17, 15) is 9.59 Å². The summed E-state index contributed by atoms with van der Waals surface area (Å²) in [4.78, 5) is 34.6. The number of aromatic amines is 1. The molecular formula is C20H22N4O3. The standard InChI is InChI=1S/C20H22N4O3/c1-12(2)19-22-18(23-27-19)13-6-5-9-24(11-13)20(26)16-10-17(25)14-7-3-4-8-15(14)21-16/h3-4,7-8,10,12-13H,5-6,9,11H2,1-2H3,(H,21,25)/t13-/m1/s1. The monoisotopic (exact) mass is 366 g/mol. The van der Waals surface area contributed by atoms with E-state index in [0.29, 0.717) is 41.4 Å². The molecule has 1 N–H and O–H groups in total. The highest BCUT2D eigenvalue weighted by molar-refractivity contribution is 5.95. The van der Waals surface area contributed by atoms with Crippen molar-refractivity contribution in [2.24, 2.45) is 0 Å². The molecule has 7 nitrogen and oxygen atoms in total. The van der Waals surface area contributed by atoms with E-state index in [2.05, 4.69) is 15.1 Å². The van der Waals surface area contributed by atoms with Crippen molar-refractivity contribution in [2.45, 2.75) is 38.5 Å². The summed E-state index contributed by atoms with van der Waals surface area (Å²) in [6, 6.07) is 8.59. The summed E-state index contributed by atoms with van der Waals surface area (Å²) in [5.41, 5.74) is 0.831. The second-order valence-electron chi connectivity index (χ2n) is 7.33. The third kappa shape index (κ3) is 3.37. The van der Waals surface area contributed by atoms with Gasteiger partial charge in [0, 0.05) is 41.9 Å². The first-order valence-corrected chi connectivity index (χ1v) is 9.28. The summed E-state index contributed by atoms with van der Waals surface area (Å²) < 4.78 is 5.31. The molecule has 140 valence electrons. The van der Waals surface area contributed by atoms with E-state index in [1.165, 1.54) is 6.07 Å². The molecule has 0 bridgehead atoms. The van der Waals surface area contributed by atoms with Gasteiger partial charge in [-0.15, -0.1) is 0 Å². The van der Waals surface area contributed by atoms with Crippen LogP contribution in [0.15, 0.2) is 39.6 Å². The van der Waals surface area contributed by atoms with Crippen molar-refractivity contribution in [1.82, 2.24) is 20.0 Å². The molecule has 0 spiro atoms. The molecular weight excluding hydrogens is 344 g/mol. The number of hydrogen-bond donors (Lipinski definition) is 1. The van der Waals surface area contributed by atoms with Crippen LogP contribution in [0.2, 0.25) is 0 Å². The van der Waals surface area contributed by atoms with E-state index in [1.807, 2.05) is 26.0 Å². The Hall–Kier alpha value is -2.96. The lowest BCUT2D eigenvalue weighted by Gasteiger charge is -2.31. The number of carbonyl (C=O) groups excluding carboxylic acids is 1. The predicted octanol–water partition coefficient (Wildman–Crippen LogP) is 3.05. The summed E-state index contributed by atoms with van der Waals surface area (Å²) in [7, 11) is 0. The number of H-pyrrole nitrogens is 1. The molecule has 3 heterocycles. The number of para-hydroxylation sites is 1. The van der Waals surface area contributed by atoms with Gasteiger partial charge in [0.2, 0.25) is 5.89 Å². The van der Waals surface area contributed by atoms with Gasteiger partial charge in [0.25, 0.3) is 5.91 Å². The van der Waals surface area contributed by atoms with Gasteiger partial charge in [-0.1, -0.05) is 31.1 Å². The molecule has 1 saturated heterocycles. The minimum atomic E-state index is -0.171. The van der Waals surface area contributed by atoms with Gasteiger partial charge >= 0.3 is 0 Å². The van der Waals surface area contributed by atoms with Crippen LogP contribution in [0.25, 0.3) is 10.9 Å². The van der Waals surface area contributed by atoms with Crippen LogP contribution in [0.1, 0.15) is 60.7 Å². The fraction of sp³-hybridized carbons (Fsp3) is 0.400. The molecule has 0 aliphatic carbocycles. The molecule has 1 aliphatic rings. The van der Waals surface area contributed by atoms with Gasteiger partial charge in [-0.05, 0) is 25.0 Å². The van der Waals surface area contributed by atoms with E-state index >= 15 is 0 Å². The van der Waals surface area contributed by atoms with Gasteiger partial charge in [0.1, 0.15) is 5.69 Å². The molecule has 1 atom stereocenters. The predicted molar refractivity (Wildman–Crippen MR) is 101 cm³/mol. The number of carbonyl (C=O) groups is 1. The Morgan fingerprint density at radius 3 is 2.93 bits per heavy atom. The minimum absolute atomic E-state index is 0.0473. The normalized spacial score (nSPS) is 17.6. The SMILES string of the molecule is CC(C)c1nc([C@@H]2CCCN(C(=O)c3cc(=O)c4ccccc4[nH]3)C2)no1. The molecule has 0 unspecified atom stereocenters. The molecule has 1 amide bonds. The number of hydrogen-bond acceptors (Lipinski definition) is 5. The lowest BCUT2D eigenvalue weighted by molar-refractivity contribution is 0.0698. The molecule has 3 aromatic rings. The number of aromatic nitrogens is 3. The van der Waals surface area contributed by atoms with Crippen LogP contribution >= 0.6 is 0 Å². The first kappa shape index (κ1) is 17.5. The average molecular weight is 366 g/mol. The number of benzene rings is 1. The van der Waals surface area contributed by atoms with Crippen LogP contribution in [-0.2, 0) is 0 Å². The van der Waals surface area contributed by atoms with Crippen LogP contribution in [0.3, 0.4) is 0 Å². The maximum absolute atomic E-state index is 13.0. The van der Waals surface area contributed by atoms with E-state index < -0.39 is 0 Å². The number of pyridine rings is 1. The Labute approximate surface area is 156 Å². The van der Waals surface area contributed by atoms with Gasteiger partial charge in [-0.25, -0.2) is 0 Å². The fourth-order valence-corrected chi connectivity index (χ4v) is 3.50. The third-order valence-electron chi connectivity index (χ3n) is 4.99. The van der Waals surface area contributed by atoms with Gasteiger partial charge in [-0.3, -0.25) is 9.59 Å². The highest BCUT2D eigenvalue weighted by atomic mass is 16.5. The van der Waals surface area contributed by atoms with Crippen LogP contribution in [0.5, 0.6) is 0 Å². The largest absolute Gasteiger partial charge is 0.350 e. The zero-order chi connectivity index (χ0) is 19.0. The number of fused-ring (bicyclic) bond motifs is 1. The summed E-state index contributed by atoms with van der Waals surface area (Å²) in [5.74, 6) is 1.33. The van der Waals surface area contributed by atoms with Crippen molar-refractivity contribution in [3.8, 4) is 0 Å². The van der Waals surface area contributed by atoms with Crippen LogP contribution in [-0.4, -0.2) is 39.0 Å². The van der Waals surface area contributed by atoms with Crippen LogP contribution < -0.4 is 5.43 Å². The van der Waals surface area contributed by atoms with Crippen molar-refractivity contribution >= 4 is 16.8 Å². The highest BCUT2D eigenvalue weighted by Crippen LogP contribution is 2.27. The van der Waals surface area contributed by atoms with E-state index in [-0.39, 0.29) is 23.2 Å². The second kappa shape index (κ2) is 6.98. The molecule has 1 aromatic carbocycles. The van der Waals surface area contributed by atoms with Crippen LogP contribution in [0.4, 0.5) is 0 Å². The molecule has 4 rings (SSSR count). The first-order valence-electron chi connectivity index (χ1n) is 9.28. The number of amides is 1. The maximum atomic E-state index is 13.0. The number of nitrogens with zero attached hydrogens (tertiary/aromatic N) is 3. The summed E-state index contributed by atoms with van der Waals surface area (Å²) in [6.45, 7) is 5.18. The van der Waals surface area contributed by atoms with Crippen molar-refractivity contribution < 1.29 is 9.32 Å². The smallest absolute Gasteiger partial charge is 0.270 e. The van der Waals surface area contributed by atoms with Crippen molar-refractivity contribution in [1.29, 1.82) is 0 Å². The number of likely N-dealkylation sites (tertiary alicyclic amines) is 1. The Morgan fingerprint density at radius 2 is 2.15 bits per heavy atom. The molecule has 0 radical (unpaired) electrons. The number of nitrogens with one attached hydrogen (secondary N) is 1. The number of piperidine rings is 1. The van der Waals surface area contributed by atoms with Gasteiger partial charge in [0.15, 0.2) is 11.3 Å². The fourth-order valence-electron chi connectivity index (χ4n) is 3.50. The zero-order valence-corrected chi connectivity index (χ0v) is 15.4. The highest BCUT2D eigenvalue weighted by Gasteiger charge is 2.29. The Bertz CT molecular complexity index is 1040. The van der Waals surface area contributed by atoms with Crippen molar-refractivity contribution in [3.63, 3.8) is 0 Å². The lowest BCUT2D eigenvalue weighted by Crippen LogP contribution is -2.40. The first-order chi connectivity index (χ1) is 13.0. The van der Waals surface area contributed by atoms with E-state index in [1.54, 1.807) is 17.0 Å². The van der Waals surface area contributed by atoms with Gasteiger partial charge in [-0.2, -0.15) is 4.98 Å². The van der Waals surface area contributed by atoms with Gasteiger partial charge < -0.3 is 14.4 Å².